The second-order valence-corrected chi connectivity index (χ2v) is 13.1. The molecule has 2 N–H and O–H groups in total. The molecule has 0 saturated carbocycles. The summed E-state index contributed by atoms with van der Waals surface area (Å²) in [5.74, 6) is -2.01. The van der Waals surface area contributed by atoms with Gasteiger partial charge < -0.3 is 20.1 Å². The van der Waals surface area contributed by atoms with Crippen LogP contribution in [-0.4, -0.2) is 76.6 Å². The third kappa shape index (κ3) is 9.76. The Hall–Kier alpha value is -3.62. The Bertz CT molecular complexity index is 1130. The maximum atomic E-state index is 14.2. The second kappa shape index (κ2) is 13.8. The molecule has 0 saturated heterocycles. The zero-order chi connectivity index (χ0) is 31.9. The molecule has 0 bridgehead atoms. The number of likely N-dealkylation sites (N-methyl/N-ethyl adjacent to an activating group) is 2. The van der Waals surface area contributed by atoms with Crippen LogP contribution in [0.25, 0.3) is 0 Å². The van der Waals surface area contributed by atoms with Crippen LogP contribution >= 0.6 is 0 Å². The molecule has 0 radical (unpaired) electrons. The van der Waals surface area contributed by atoms with Gasteiger partial charge in [0.25, 0.3) is 0 Å². The zero-order valence-corrected chi connectivity index (χ0v) is 26.6. The lowest BCUT2D eigenvalue weighted by Crippen LogP contribution is -2.63. The van der Waals surface area contributed by atoms with Crippen LogP contribution in [0, 0.1) is 5.41 Å². The largest absolute Gasteiger partial charge is 0.478 e. The molecule has 1 rings (SSSR count). The Kier molecular flexibility index (Phi) is 11.9. The second-order valence-electron chi connectivity index (χ2n) is 13.1. The predicted molar refractivity (Wildman–Crippen MR) is 161 cm³/mol. The van der Waals surface area contributed by atoms with E-state index in [2.05, 4.69) is 11.9 Å². The lowest BCUT2D eigenvalue weighted by Gasteiger charge is -2.42. The molecular formula is C32H49N3O6. The summed E-state index contributed by atoms with van der Waals surface area (Å²) in [5, 5.41) is 12.3. The molecule has 41 heavy (non-hydrogen) atoms. The number of amides is 3. The molecule has 228 valence electrons. The number of aliphatic carboxylic acids is 1. The molecule has 0 heterocycles. The average Bonchev–Trinajstić information content (AvgIpc) is 2.84. The highest BCUT2D eigenvalue weighted by Crippen LogP contribution is 2.32. The highest BCUT2D eigenvalue weighted by Gasteiger charge is 2.45. The van der Waals surface area contributed by atoms with Crippen LogP contribution in [0.1, 0.15) is 74.3 Å². The number of carbonyl (C=O) groups excluding carboxylic acids is 3. The van der Waals surface area contributed by atoms with E-state index in [1.807, 2.05) is 65.0 Å². The first-order valence-corrected chi connectivity index (χ1v) is 13.8. The van der Waals surface area contributed by atoms with Crippen molar-refractivity contribution in [1.29, 1.82) is 0 Å². The van der Waals surface area contributed by atoms with Crippen LogP contribution in [-0.2, 0) is 24.5 Å². The number of rotatable bonds is 11. The van der Waals surface area contributed by atoms with E-state index in [1.54, 1.807) is 33.9 Å². The summed E-state index contributed by atoms with van der Waals surface area (Å²) in [6, 6.07) is 6.76. The number of carboxylic acid groups (broad SMARTS) is 1. The number of nitrogens with zero attached hydrogens (tertiary/aromatic N) is 2. The van der Waals surface area contributed by atoms with E-state index in [1.165, 1.54) is 29.8 Å². The van der Waals surface area contributed by atoms with Gasteiger partial charge >= 0.3 is 12.1 Å². The third-order valence-corrected chi connectivity index (χ3v) is 6.95. The predicted octanol–water partition coefficient (Wildman–Crippen LogP) is 5.16. The molecule has 9 nitrogen and oxygen atoms in total. The summed E-state index contributed by atoms with van der Waals surface area (Å²) in [6.45, 7) is 19.7. The minimum atomic E-state index is -1.09. The normalized spacial score (nSPS) is 14.8. The smallest absolute Gasteiger partial charge is 0.410 e. The summed E-state index contributed by atoms with van der Waals surface area (Å²) in [5.41, 5.74) is -1.46. The first-order valence-electron chi connectivity index (χ1n) is 13.8. The molecule has 0 aliphatic heterocycles. The molecule has 0 aliphatic rings. The number of carboxylic acids is 1. The fourth-order valence-corrected chi connectivity index (χ4v) is 4.56. The minimum Gasteiger partial charge on any atom is -0.478 e. The van der Waals surface area contributed by atoms with Gasteiger partial charge in [0.15, 0.2) is 0 Å². The Morgan fingerprint density at radius 3 is 1.95 bits per heavy atom. The number of hydrogen-bond acceptors (Lipinski definition) is 5. The average molecular weight is 572 g/mol. The Morgan fingerprint density at radius 1 is 0.976 bits per heavy atom. The summed E-state index contributed by atoms with van der Waals surface area (Å²) >= 11 is 0. The Morgan fingerprint density at radius 2 is 1.51 bits per heavy atom. The number of nitrogens with one attached hydrogen (secondary N) is 1. The summed E-state index contributed by atoms with van der Waals surface area (Å²) in [7, 11) is 3.09. The molecule has 0 aliphatic carbocycles. The summed E-state index contributed by atoms with van der Waals surface area (Å²) in [4.78, 5) is 55.5. The van der Waals surface area contributed by atoms with Crippen molar-refractivity contribution in [2.24, 2.45) is 5.41 Å². The van der Waals surface area contributed by atoms with Gasteiger partial charge in [0.1, 0.15) is 17.7 Å². The van der Waals surface area contributed by atoms with E-state index in [0.29, 0.717) is 6.42 Å². The molecule has 1 aromatic rings. The van der Waals surface area contributed by atoms with Crippen molar-refractivity contribution in [3.63, 3.8) is 0 Å². The molecule has 0 aromatic heterocycles. The van der Waals surface area contributed by atoms with Crippen LogP contribution in [0.5, 0.6) is 0 Å². The molecule has 9 heteroatoms. The fraction of sp³-hybridized carbons (Fsp3) is 0.562. The van der Waals surface area contributed by atoms with Crippen molar-refractivity contribution in [3.05, 3.63) is 60.2 Å². The molecule has 0 spiro atoms. The highest BCUT2D eigenvalue weighted by molar-refractivity contribution is 5.93. The first-order chi connectivity index (χ1) is 18.6. The fourth-order valence-electron chi connectivity index (χ4n) is 4.56. The first kappa shape index (κ1) is 35.4. The van der Waals surface area contributed by atoms with Crippen molar-refractivity contribution in [2.75, 3.05) is 14.1 Å². The van der Waals surface area contributed by atoms with Gasteiger partial charge in [-0.25, -0.2) is 9.59 Å². The summed E-state index contributed by atoms with van der Waals surface area (Å²) in [6.07, 6.45) is 2.76. The number of hydrogen-bond donors (Lipinski definition) is 2. The van der Waals surface area contributed by atoms with E-state index in [-0.39, 0.29) is 5.57 Å². The van der Waals surface area contributed by atoms with Gasteiger partial charge in [0, 0.05) is 25.1 Å². The standard InChI is InChI=1S/C32H49N3O6/c1-13-17-23(20-21(2)28(38)39)34(11)27(37)24(30(3,4)5)33-26(36)25(35(12)29(40)41-31(6,7)8)32(9,10)22-18-15-14-16-19-22/h13-16,18-20,23-25H,1,17H2,2-12H3,(H,33,36)(H,38,39)/b21-20+/t23-,24+,25+/m0/s1. The highest BCUT2D eigenvalue weighted by atomic mass is 16.6. The Labute approximate surface area is 245 Å². The van der Waals surface area contributed by atoms with E-state index >= 15 is 0 Å². The maximum absolute atomic E-state index is 14.2. The SMILES string of the molecule is C=CC[C@@H](/C=C(\C)C(=O)O)N(C)C(=O)[C@@H](NC(=O)[C@@H](N(C)C(=O)OC(C)(C)C)C(C)(C)c1ccccc1)C(C)(C)C. The van der Waals surface area contributed by atoms with E-state index in [9.17, 15) is 24.3 Å². The van der Waals surface area contributed by atoms with Crippen LogP contribution in [0.3, 0.4) is 0 Å². The zero-order valence-electron chi connectivity index (χ0n) is 26.6. The van der Waals surface area contributed by atoms with E-state index < -0.39 is 58.4 Å². The molecular weight excluding hydrogens is 522 g/mol. The molecule has 3 atom stereocenters. The van der Waals surface area contributed by atoms with Gasteiger partial charge in [0.2, 0.25) is 11.8 Å². The quantitative estimate of drug-likeness (QED) is 0.280. The van der Waals surface area contributed by atoms with Gasteiger partial charge in [-0.15, -0.1) is 6.58 Å². The van der Waals surface area contributed by atoms with Gasteiger partial charge in [0.05, 0.1) is 6.04 Å². The van der Waals surface area contributed by atoms with Gasteiger partial charge in [-0.1, -0.05) is 77.1 Å². The number of benzene rings is 1. The van der Waals surface area contributed by atoms with Crippen molar-refractivity contribution in [3.8, 4) is 0 Å². The van der Waals surface area contributed by atoms with Crippen molar-refractivity contribution >= 4 is 23.9 Å². The van der Waals surface area contributed by atoms with E-state index in [4.69, 9.17) is 4.74 Å². The van der Waals surface area contributed by atoms with E-state index in [0.717, 1.165) is 5.56 Å². The summed E-state index contributed by atoms with van der Waals surface area (Å²) < 4.78 is 5.60. The van der Waals surface area contributed by atoms with Gasteiger partial charge in [-0.05, 0) is 45.1 Å². The number of ether oxygens (including phenoxy) is 1. The van der Waals surface area contributed by atoms with Gasteiger partial charge in [-0.3, -0.25) is 14.5 Å². The monoisotopic (exact) mass is 571 g/mol. The van der Waals surface area contributed by atoms with Crippen LogP contribution in [0.4, 0.5) is 4.79 Å². The minimum absolute atomic E-state index is 0.0940. The lowest BCUT2D eigenvalue weighted by molar-refractivity contribution is -0.141. The molecule has 0 fully saturated rings. The number of carbonyl (C=O) groups is 4. The van der Waals surface area contributed by atoms with Gasteiger partial charge in [-0.2, -0.15) is 0 Å². The topological polar surface area (TPSA) is 116 Å². The van der Waals surface area contributed by atoms with Crippen LogP contribution in [0.15, 0.2) is 54.6 Å². The lowest BCUT2D eigenvalue weighted by atomic mass is 9.76. The molecule has 1 aromatic carbocycles. The molecule has 0 unspecified atom stereocenters. The van der Waals surface area contributed by atoms with Crippen molar-refractivity contribution in [2.45, 2.75) is 97.9 Å². The van der Waals surface area contributed by atoms with Crippen LogP contribution in [0.2, 0.25) is 0 Å². The van der Waals surface area contributed by atoms with Crippen molar-refractivity contribution in [1.82, 2.24) is 15.1 Å². The molecule has 3 amide bonds. The third-order valence-electron chi connectivity index (χ3n) is 6.95. The van der Waals surface area contributed by atoms with Crippen molar-refractivity contribution < 1.29 is 29.0 Å². The maximum Gasteiger partial charge on any atom is 0.410 e. The van der Waals surface area contributed by atoms with Crippen LogP contribution < -0.4 is 5.32 Å². The Balaban J connectivity index is 3.58.